The molecule has 0 fully saturated rings. The molecule has 3 aromatic carbocycles. The predicted molar refractivity (Wildman–Crippen MR) is 93.8 cm³/mol. The van der Waals surface area contributed by atoms with Crippen molar-refractivity contribution in [3.63, 3.8) is 0 Å². The minimum absolute atomic E-state index is 0. The Morgan fingerprint density at radius 3 is 1.79 bits per heavy atom. The molecule has 0 bridgehead atoms. The van der Waals surface area contributed by atoms with Gasteiger partial charge in [0, 0.05) is 5.39 Å². The van der Waals surface area contributed by atoms with Crippen LogP contribution in [0.1, 0.15) is 8.42 Å². The van der Waals surface area contributed by atoms with Crippen molar-refractivity contribution >= 4 is 64.8 Å². The van der Waals surface area contributed by atoms with E-state index < -0.39 is 30.0 Å². The summed E-state index contributed by atoms with van der Waals surface area (Å²) in [5.41, 5.74) is 0.0305. The van der Waals surface area contributed by atoms with E-state index in [0.717, 1.165) is 5.39 Å². The Hall–Kier alpha value is -1.23. The van der Waals surface area contributed by atoms with E-state index in [1.165, 1.54) is 19.1 Å². The van der Waals surface area contributed by atoms with Gasteiger partial charge in [-0.2, -0.15) is 16.8 Å². The normalized spacial score (nSPS) is 12.3. The largest absolute Gasteiger partial charge is 2.00 e. The van der Waals surface area contributed by atoms with E-state index in [2.05, 4.69) is 0 Å². The van der Waals surface area contributed by atoms with E-state index in [0.29, 0.717) is 10.8 Å². The predicted octanol–water partition coefficient (Wildman–Crippen LogP) is 2.64. The zero-order valence-electron chi connectivity index (χ0n) is 14.6. The zero-order chi connectivity index (χ0) is 17.0. The molecule has 0 saturated heterocycles. The fraction of sp³-hybridized carbons (Fsp3) is 0.0667. The van der Waals surface area contributed by atoms with Gasteiger partial charge in [-0.05, 0) is 46.8 Å². The smallest absolute Gasteiger partial charge is 1.00 e. The maximum Gasteiger partial charge on any atom is 2.00 e. The molecule has 9 heteroatoms. The maximum atomic E-state index is 11.8. The van der Waals surface area contributed by atoms with Gasteiger partial charge in [0.05, 0.1) is 0 Å². The second-order valence-corrected chi connectivity index (χ2v) is 7.94. The molecule has 0 aliphatic carbocycles. The Morgan fingerprint density at radius 2 is 1.29 bits per heavy atom. The molecule has 0 heterocycles. The summed E-state index contributed by atoms with van der Waals surface area (Å²) < 4.78 is 65.7. The van der Waals surface area contributed by atoms with Crippen molar-refractivity contribution in [3.05, 3.63) is 48.0 Å². The third-order valence-electron chi connectivity index (χ3n) is 3.61. The van der Waals surface area contributed by atoms with E-state index in [1.807, 2.05) is 12.1 Å². The van der Waals surface area contributed by atoms with E-state index in [9.17, 15) is 25.9 Å². The van der Waals surface area contributed by atoms with Gasteiger partial charge in [0.15, 0.2) is 0 Å². The fourth-order valence-electron chi connectivity index (χ4n) is 2.75. The Labute approximate surface area is 158 Å². The van der Waals surface area contributed by atoms with E-state index in [-0.39, 0.29) is 36.9 Å². The van der Waals surface area contributed by atoms with Gasteiger partial charge in [0.2, 0.25) is 0 Å². The maximum absolute atomic E-state index is 11.8. The third kappa shape index (κ3) is 3.28. The number of rotatable bonds is 2. The van der Waals surface area contributed by atoms with Gasteiger partial charge in [0.1, 0.15) is 9.79 Å². The van der Waals surface area contributed by atoms with Gasteiger partial charge in [-0.3, -0.25) is 9.11 Å². The third-order valence-corrected chi connectivity index (χ3v) is 5.73. The second kappa shape index (κ2) is 6.25. The molecule has 2 N–H and O–H groups in total. The molecule has 24 heavy (non-hydrogen) atoms. The SMILES string of the molecule is Cc1cc2cc3ccccc3cc2c(S(=O)(=O)O)c1S(=O)(=O)O.[H-].[H-].[Mg+2]. The van der Waals surface area contributed by atoms with E-state index in [1.54, 1.807) is 18.2 Å². The Bertz CT molecular complexity index is 1180. The molecule has 0 amide bonds. The Kier molecular flexibility index (Phi) is 4.97. The average Bonchev–Trinajstić information content (AvgIpc) is 2.41. The van der Waals surface area contributed by atoms with Crippen LogP contribution >= 0.6 is 0 Å². The molecule has 0 aliphatic rings. The first-order valence-corrected chi connectivity index (χ1v) is 9.38. The first-order chi connectivity index (χ1) is 10.6. The van der Waals surface area contributed by atoms with Crippen molar-refractivity contribution in [2.24, 2.45) is 0 Å². The molecular formula is C15H14MgO6S2. The van der Waals surface area contributed by atoms with Crippen LogP contribution in [0.15, 0.2) is 52.3 Å². The second-order valence-electron chi connectivity index (χ2n) is 5.22. The number of benzene rings is 3. The van der Waals surface area contributed by atoms with E-state index in [4.69, 9.17) is 0 Å². The molecule has 0 atom stereocenters. The summed E-state index contributed by atoms with van der Waals surface area (Å²) in [5, 5.41) is 1.99. The summed E-state index contributed by atoms with van der Waals surface area (Å²) in [6.07, 6.45) is 0. The van der Waals surface area contributed by atoms with Gasteiger partial charge < -0.3 is 2.85 Å². The first kappa shape index (κ1) is 19.1. The Morgan fingerprint density at radius 1 is 0.792 bits per heavy atom. The van der Waals surface area contributed by atoms with Crippen LogP contribution in [0.4, 0.5) is 0 Å². The molecule has 0 aromatic heterocycles. The van der Waals surface area contributed by atoms with Gasteiger partial charge in [-0.25, -0.2) is 0 Å². The molecule has 0 unspecified atom stereocenters. The van der Waals surface area contributed by atoms with Crippen LogP contribution in [-0.2, 0) is 20.2 Å². The molecular weight excluding hydrogens is 365 g/mol. The number of aryl methyl sites for hydroxylation is 1. The quantitative estimate of drug-likeness (QED) is 0.403. The van der Waals surface area contributed by atoms with Crippen LogP contribution < -0.4 is 0 Å². The summed E-state index contributed by atoms with van der Waals surface area (Å²) >= 11 is 0. The Balaban J connectivity index is 0.00000208. The van der Waals surface area contributed by atoms with Gasteiger partial charge in [-0.1, -0.05) is 24.3 Å². The molecule has 0 spiro atoms. The number of fused-ring (bicyclic) bond motifs is 2. The number of hydrogen-bond donors (Lipinski definition) is 2. The van der Waals surface area contributed by atoms with Crippen molar-refractivity contribution in [3.8, 4) is 0 Å². The molecule has 0 radical (unpaired) electrons. The van der Waals surface area contributed by atoms with Crippen LogP contribution in [0, 0.1) is 6.92 Å². The summed E-state index contributed by atoms with van der Waals surface area (Å²) in [7, 11) is -9.70. The molecule has 6 nitrogen and oxygen atoms in total. The minimum Gasteiger partial charge on any atom is -1.00 e. The van der Waals surface area contributed by atoms with Crippen LogP contribution in [0.25, 0.3) is 21.5 Å². The first-order valence-electron chi connectivity index (χ1n) is 6.50. The zero-order valence-corrected chi connectivity index (χ0v) is 15.6. The summed E-state index contributed by atoms with van der Waals surface area (Å²) in [5.74, 6) is 0. The van der Waals surface area contributed by atoms with Crippen molar-refractivity contribution in [2.45, 2.75) is 16.7 Å². The van der Waals surface area contributed by atoms with Crippen LogP contribution in [0.5, 0.6) is 0 Å². The minimum atomic E-state index is -4.87. The van der Waals surface area contributed by atoms with Crippen LogP contribution in [0.3, 0.4) is 0 Å². The summed E-state index contributed by atoms with van der Waals surface area (Å²) in [4.78, 5) is -1.61. The van der Waals surface area contributed by atoms with Crippen molar-refractivity contribution in [1.29, 1.82) is 0 Å². The molecule has 3 rings (SSSR count). The molecule has 3 aromatic rings. The van der Waals surface area contributed by atoms with Crippen molar-refractivity contribution < 1.29 is 28.8 Å². The van der Waals surface area contributed by atoms with Crippen molar-refractivity contribution in [1.82, 2.24) is 0 Å². The van der Waals surface area contributed by atoms with E-state index >= 15 is 0 Å². The standard InChI is InChI=1S/C15H12O6S2.Mg.2H/c1-9-6-12-7-10-4-2-3-5-11(10)8-13(12)15(23(19,20)21)14(9)22(16,17)18;;;/h2-8H,1H3,(H,16,17,18)(H,19,20,21);;;/q;+2;2*-1. The van der Waals surface area contributed by atoms with Crippen LogP contribution in [0.2, 0.25) is 0 Å². The van der Waals surface area contributed by atoms with Crippen LogP contribution in [-0.4, -0.2) is 49.0 Å². The molecule has 0 saturated carbocycles. The summed E-state index contributed by atoms with van der Waals surface area (Å²) in [6, 6.07) is 11.8. The molecule has 0 aliphatic heterocycles. The van der Waals surface area contributed by atoms with Crippen molar-refractivity contribution in [2.75, 3.05) is 0 Å². The monoisotopic (exact) mass is 378 g/mol. The van der Waals surface area contributed by atoms with Gasteiger partial charge in [-0.15, -0.1) is 0 Å². The topological polar surface area (TPSA) is 109 Å². The fourth-order valence-corrected chi connectivity index (χ4v) is 5.04. The van der Waals surface area contributed by atoms with Gasteiger partial charge in [0.25, 0.3) is 20.2 Å². The van der Waals surface area contributed by atoms with Gasteiger partial charge >= 0.3 is 23.1 Å². The molecule has 124 valence electrons. The number of hydrogen-bond acceptors (Lipinski definition) is 4. The average molecular weight is 379 g/mol. The summed E-state index contributed by atoms with van der Waals surface area (Å²) in [6.45, 7) is 1.35.